The van der Waals surface area contributed by atoms with E-state index in [1.54, 1.807) is 0 Å². The minimum absolute atomic E-state index is 0.0235. The molecule has 0 aliphatic heterocycles. The first-order chi connectivity index (χ1) is 7.06. The SMILES string of the molecule is C=CNCC(=O)NCC(=O)NCC(=O)O. The second-order valence-corrected chi connectivity index (χ2v) is 2.53. The Morgan fingerprint density at radius 3 is 2.13 bits per heavy atom. The highest BCUT2D eigenvalue weighted by Crippen LogP contribution is 1.68. The molecule has 0 spiro atoms. The summed E-state index contributed by atoms with van der Waals surface area (Å²) in [5.74, 6) is -2.06. The fourth-order valence-corrected chi connectivity index (χ4v) is 0.643. The van der Waals surface area contributed by atoms with Gasteiger partial charge in [-0.15, -0.1) is 0 Å². The van der Waals surface area contributed by atoms with Crippen molar-refractivity contribution in [2.24, 2.45) is 0 Å². The van der Waals surface area contributed by atoms with E-state index in [0.717, 1.165) is 0 Å². The van der Waals surface area contributed by atoms with E-state index in [2.05, 4.69) is 22.5 Å². The third-order valence-corrected chi connectivity index (χ3v) is 1.29. The molecular formula is C8H13N3O4. The Bertz CT molecular complexity index is 265. The topological polar surface area (TPSA) is 108 Å². The zero-order chi connectivity index (χ0) is 11.7. The summed E-state index contributed by atoms with van der Waals surface area (Å²) in [7, 11) is 0. The van der Waals surface area contributed by atoms with E-state index < -0.39 is 18.4 Å². The van der Waals surface area contributed by atoms with Crippen molar-refractivity contribution in [3.8, 4) is 0 Å². The lowest BCUT2D eigenvalue weighted by atomic mass is 10.5. The molecule has 0 rings (SSSR count). The molecule has 4 N–H and O–H groups in total. The van der Waals surface area contributed by atoms with Gasteiger partial charge >= 0.3 is 5.97 Å². The molecule has 0 aliphatic carbocycles. The Kier molecular flexibility index (Phi) is 6.36. The number of carbonyl (C=O) groups is 3. The van der Waals surface area contributed by atoms with Crippen LogP contribution in [0.5, 0.6) is 0 Å². The average Bonchev–Trinajstić information content (AvgIpc) is 2.20. The fourth-order valence-electron chi connectivity index (χ4n) is 0.643. The van der Waals surface area contributed by atoms with Crippen molar-refractivity contribution in [2.75, 3.05) is 19.6 Å². The Morgan fingerprint density at radius 1 is 1.07 bits per heavy atom. The van der Waals surface area contributed by atoms with E-state index in [4.69, 9.17) is 5.11 Å². The number of hydrogen-bond donors (Lipinski definition) is 4. The minimum Gasteiger partial charge on any atom is -0.480 e. The molecular weight excluding hydrogens is 202 g/mol. The third kappa shape index (κ3) is 8.28. The molecule has 0 fully saturated rings. The molecule has 0 aliphatic rings. The molecule has 15 heavy (non-hydrogen) atoms. The molecule has 7 nitrogen and oxygen atoms in total. The predicted octanol–water partition coefficient (Wildman–Crippen LogP) is -1.96. The number of amides is 2. The minimum atomic E-state index is -1.14. The van der Waals surface area contributed by atoms with Crippen LogP contribution < -0.4 is 16.0 Å². The number of carbonyl (C=O) groups excluding carboxylic acids is 2. The standard InChI is InChI=1S/C8H13N3O4/c1-2-9-3-6(12)10-4-7(13)11-5-8(14)15/h2,9H,1,3-5H2,(H,10,12)(H,11,13)(H,14,15). The van der Waals surface area contributed by atoms with Crippen molar-refractivity contribution in [1.82, 2.24) is 16.0 Å². The van der Waals surface area contributed by atoms with Crippen LogP contribution in [0.4, 0.5) is 0 Å². The Labute approximate surface area is 86.5 Å². The van der Waals surface area contributed by atoms with Gasteiger partial charge in [0.25, 0.3) is 0 Å². The van der Waals surface area contributed by atoms with Crippen LogP contribution in [-0.2, 0) is 14.4 Å². The summed E-state index contributed by atoms with van der Waals surface area (Å²) in [6.07, 6.45) is 1.35. The molecule has 0 heterocycles. The van der Waals surface area contributed by atoms with Gasteiger partial charge in [0.05, 0.1) is 13.1 Å². The van der Waals surface area contributed by atoms with Crippen molar-refractivity contribution in [3.05, 3.63) is 12.8 Å². The number of aliphatic carboxylic acids is 1. The summed E-state index contributed by atoms with van der Waals surface area (Å²) >= 11 is 0. The second kappa shape index (κ2) is 7.36. The number of hydrogen-bond acceptors (Lipinski definition) is 4. The summed E-state index contributed by atoms with van der Waals surface area (Å²) in [6.45, 7) is 2.66. The summed E-state index contributed by atoms with van der Waals surface area (Å²) in [4.78, 5) is 31.9. The molecule has 0 aromatic rings. The number of nitrogens with one attached hydrogen (secondary N) is 3. The highest BCUT2D eigenvalue weighted by Gasteiger charge is 2.05. The van der Waals surface area contributed by atoms with Gasteiger partial charge in [0, 0.05) is 0 Å². The van der Waals surface area contributed by atoms with Crippen molar-refractivity contribution < 1.29 is 19.5 Å². The average molecular weight is 215 g/mol. The summed E-state index contributed by atoms with van der Waals surface area (Å²) in [5.41, 5.74) is 0. The summed E-state index contributed by atoms with van der Waals surface area (Å²) < 4.78 is 0. The van der Waals surface area contributed by atoms with Crippen molar-refractivity contribution in [3.63, 3.8) is 0 Å². The first-order valence-electron chi connectivity index (χ1n) is 4.15. The Balaban J connectivity index is 3.57. The molecule has 0 aromatic carbocycles. The molecule has 84 valence electrons. The van der Waals surface area contributed by atoms with E-state index >= 15 is 0 Å². The first kappa shape index (κ1) is 12.9. The number of rotatable bonds is 7. The molecule has 0 atom stereocenters. The molecule has 2 amide bonds. The third-order valence-electron chi connectivity index (χ3n) is 1.29. The summed E-state index contributed by atoms with van der Waals surface area (Å²) in [6, 6.07) is 0. The van der Waals surface area contributed by atoms with Crippen LogP contribution >= 0.6 is 0 Å². The molecule has 0 saturated carbocycles. The lowest BCUT2D eigenvalue weighted by molar-refractivity contribution is -0.137. The first-order valence-corrected chi connectivity index (χ1v) is 4.15. The van der Waals surface area contributed by atoms with Crippen LogP contribution in [0.25, 0.3) is 0 Å². The van der Waals surface area contributed by atoms with E-state index in [-0.39, 0.29) is 19.0 Å². The molecule has 7 heteroatoms. The lowest BCUT2D eigenvalue weighted by Gasteiger charge is -2.04. The summed E-state index contributed by atoms with van der Waals surface area (Å²) in [5, 5.41) is 15.2. The van der Waals surface area contributed by atoms with Crippen LogP contribution in [0, 0.1) is 0 Å². The van der Waals surface area contributed by atoms with Crippen molar-refractivity contribution >= 4 is 17.8 Å². The van der Waals surface area contributed by atoms with Crippen LogP contribution in [0.15, 0.2) is 12.8 Å². The van der Waals surface area contributed by atoms with Crippen molar-refractivity contribution in [1.29, 1.82) is 0 Å². The molecule has 0 saturated heterocycles. The number of carboxylic acids is 1. The zero-order valence-corrected chi connectivity index (χ0v) is 8.08. The highest BCUT2D eigenvalue weighted by atomic mass is 16.4. The molecule has 0 unspecified atom stereocenters. The Morgan fingerprint density at radius 2 is 1.60 bits per heavy atom. The van der Waals surface area contributed by atoms with Crippen LogP contribution in [0.1, 0.15) is 0 Å². The van der Waals surface area contributed by atoms with Gasteiger partial charge in [-0.25, -0.2) is 0 Å². The van der Waals surface area contributed by atoms with Gasteiger partial charge in [0.1, 0.15) is 6.54 Å². The Hall–Kier alpha value is -2.05. The van der Waals surface area contributed by atoms with Crippen LogP contribution in [0.3, 0.4) is 0 Å². The van der Waals surface area contributed by atoms with Gasteiger partial charge < -0.3 is 21.1 Å². The van der Waals surface area contributed by atoms with Gasteiger partial charge in [0.15, 0.2) is 0 Å². The van der Waals surface area contributed by atoms with E-state index in [1.807, 2.05) is 0 Å². The van der Waals surface area contributed by atoms with Gasteiger partial charge in [-0.3, -0.25) is 14.4 Å². The fraction of sp³-hybridized carbons (Fsp3) is 0.375. The molecule has 0 aromatic heterocycles. The lowest BCUT2D eigenvalue weighted by Crippen LogP contribution is -2.41. The van der Waals surface area contributed by atoms with E-state index in [9.17, 15) is 14.4 Å². The quantitative estimate of drug-likeness (QED) is 0.394. The normalized spacial score (nSPS) is 8.80. The molecule has 0 bridgehead atoms. The van der Waals surface area contributed by atoms with E-state index in [0.29, 0.717) is 0 Å². The maximum absolute atomic E-state index is 10.9. The van der Waals surface area contributed by atoms with Crippen molar-refractivity contribution in [2.45, 2.75) is 0 Å². The van der Waals surface area contributed by atoms with Crippen LogP contribution in [0.2, 0.25) is 0 Å². The smallest absolute Gasteiger partial charge is 0.322 e. The second-order valence-electron chi connectivity index (χ2n) is 2.53. The van der Waals surface area contributed by atoms with E-state index in [1.165, 1.54) is 6.20 Å². The maximum Gasteiger partial charge on any atom is 0.322 e. The van der Waals surface area contributed by atoms with Gasteiger partial charge in [-0.1, -0.05) is 6.58 Å². The number of carboxylic acid groups (broad SMARTS) is 1. The zero-order valence-electron chi connectivity index (χ0n) is 8.08. The van der Waals surface area contributed by atoms with Gasteiger partial charge in [-0.05, 0) is 6.20 Å². The van der Waals surface area contributed by atoms with Gasteiger partial charge in [0.2, 0.25) is 11.8 Å². The highest BCUT2D eigenvalue weighted by molar-refractivity contribution is 5.87. The monoisotopic (exact) mass is 215 g/mol. The van der Waals surface area contributed by atoms with Gasteiger partial charge in [-0.2, -0.15) is 0 Å². The molecule has 0 radical (unpaired) electrons. The van der Waals surface area contributed by atoms with Crippen LogP contribution in [-0.4, -0.2) is 42.5 Å². The largest absolute Gasteiger partial charge is 0.480 e. The predicted molar refractivity (Wildman–Crippen MR) is 51.9 cm³/mol. The maximum atomic E-state index is 10.9.